The Morgan fingerprint density at radius 3 is 2.56 bits per heavy atom. The number of carbonyl (C=O) groups excluding carboxylic acids is 2. The number of esters is 1. The Hall–Kier alpha value is -2.94. The molecule has 4 rings (SSSR count). The largest absolute Gasteiger partial charge is 0.412 e. The smallest absolute Gasteiger partial charge is 0.373 e. The van der Waals surface area contributed by atoms with Gasteiger partial charge >= 0.3 is 12.1 Å². The number of benzene rings is 1. The Bertz CT molecular complexity index is 993. The summed E-state index contributed by atoms with van der Waals surface area (Å²) in [5, 5.41) is 3.30. The zero-order chi connectivity index (χ0) is 19.1. The van der Waals surface area contributed by atoms with Crippen molar-refractivity contribution in [3.63, 3.8) is 0 Å². The summed E-state index contributed by atoms with van der Waals surface area (Å²) in [6.07, 6.45) is 1.87. The third kappa shape index (κ3) is 3.25. The van der Waals surface area contributed by atoms with E-state index in [1.54, 1.807) is 10.6 Å². The molecule has 1 saturated heterocycles. The molecule has 1 amide bonds. The first-order valence-electron chi connectivity index (χ1n) is 8.81. The molecule has 9 heteroatoms. The molecule has 0 bridgehead atoms. The van der Waals surface area contributed by atoms with Gasteiger partial charge in [0.2, 0.25) is 5.43 Å². The Morgan fingerprint density at radius 2 is 1.93 bits per heavy atom. The lowest BCUT2D eigenvalue weighted by molar-refractivity contribution is 0.0636. The number of hydrogen-bond acceptors (Lipinski definition) is 6. The Balaban J connectivity index is 1.88. The third-order valence-corrected chi connectivity index (χ3v) is 4.91. The van der Waals surface area contributed by atoms with Gasteiger partial charge in [-0.3, -0.25) is 4.79 Å². The van der Waals surface area contributed by atoms with Crippen LogP contribution in [0.5, 0.6) is 0 Å². The van der Waals surface area contributed by atoms with Crippen molar-refractivity contribution in [1.82, 2.24) is 9.88 Å². The van der Waals surface area contributed by atoms with E-state index in [2.05, 4.69) is 10.1 Å². The maximum atomic E-state index is 14.8. The van der Waals surface area contributed by atoms with Gasteiger partial charge in [-0.2, -0.15) is 0 Å². The van der Waals surface area contributed by atoms with Gasteiger partial charge in [-0.05, 0) is 25.0 Å². The Labute approximate surface area is 153 Å². The zero-order valence-corrected chi connectivity index (χ0v) is 14.5. The number of nitrogens with zero attached hydrogens (tertiary/aromatic N) is 2. The fraction of sp³-hybridized carbons (Fsp3) is 0.389. The number of rotatable bonds is 3. The summed E-state index contributed by atoms with van der Waals surface area (Å²) >= 11 is 0. The number of ether oxygens (including phenoxy) is 1. The second-order valence-corrected chi connectivity index (χ2v) is 6.78. The first-order valence-corrected chi connectivity index (χ1v) is 8.81. The van der Waals surface area contributed by atoms with Gasteiger partial charge in [-0.25, -0.2) is 14.0 Å². The Kier molecular flexibility index (Phi) is 4.31. The lowest BCUT2D eigenvalue weighted by Crippen LogP contribution is -2.43. The number of nitrogens with one attached hydrogen (secondary N) is 1. The first-order chi connectivity index (χ1) is 13.0. The number of hydrogen-bond donors (Lipinski definition) is 2. The van der Waals surface area contributed by atoms with Gasteiger partial charge in [-0.1, -0.05) is 0 Å². The van der Waals surface area contributed by atoms with Gasteiger partial charge in [0.05, 0.1) is 11.2 Å². The summed E-state index contributed by atoms with van der Waals surface area (Å²) in [6, 6.07) is 2.95. The highest BCUT2D eigenvalue weighted by Crippen LogP contribution is 2.38. The second kappa shape index (κ2) is 6.66. The van der Waals surface area contributed by atoms with Gasteiger partial charge in [0.25, 0.3) is 0 Å². The van der Waals surface area contributed by atoms with E-state index in [1.807, 2.05) is 4.90 Å². The van der Waals surface area contributed by atoms with Crippen LogP contribution in [0, 0.1) is 5.82 Å². The second-order valence-electron chi connectivity index (χ2n) is 6.78. The lowest BCUT2D eigenvalue weighted by Gasteiger charge is -2.30. The molecule has 1 aromatic heterocycles. The van der Waals surface area contributed by atoms with Gasteiger partial charge < -0.3 is 25.3 Å². The number of primary amides is 1. The van der Waals surface area contributed by atoms with Crippen LogP contribution >= 0.6 is 0 Å². The third-order valence-electron chi connectivity index (χ3n) is 4.91. The number of anilines is 1. The van der Waals surface area contributed by atoms with E-state index in [9.17, 15) is 18.8 Å². The highest BCUT2D eigenvalue weighted by atomic mass is 19.1. The maximum absolute atomic E-state index is 14.8. The number of piperazine rings is 1. The number of pyridine rings is 1. The molecule has 1 aliphatic heterocycles. The molecule has 8 nitrogen and oxygen atoms in total. The van der Waals surface area contributed by atoms with E-state index in [0.717, 1.165) is 32.0 Å². The van der Waals surface area contributed by atoms with Crippen molar-refractivity contribution in [2.45, 2.75) is 18.9 Å². The van der Waals surface area contributed by atoms with E-state index in [0.29, 0.717) is 24.3 Å². The summed E-state index contributed by atoms with van der Waals surface area (Å²) in [7, 11) is 0. The zero-order valence-electron chi connectivity index (χ0n) is 14.5. The molecule has 0 unspecified atom stereocenters. The van der Waals surface area contributed by atoms with Gasteiger partial charge in [0, 0.05) is 43.8 Å². The van der Waals surface area contributed by atoms with E-state index in [-0.39, 0.29) is 17.0 Å². The predicted octanol–water partition coefficient (Wildman–Crippen LogP) is 1.12. The normalized spacial score (nSPS) is 17.1. The molecule has 1 saturated carbocycles. The molecule has 2 fully saturated rings. The Morgan fingerprint density at radius 1 is 1.22 bits per heavy atom. The fourth-order valence-corrected chi connectivity index (χ4v) is 3.45. The van der Waals surface area contributed by atoms with Crippen molar-refractivity contribution in [3.8, 4) is 0 Å². The number of fused-ring (bicyclic) bond motifs is 1. The van der Waals surface area contributed by atoms with Crippen LogP contribution in [0.2, 0.25) is 0 Å². The van der Waals surface area contributed by atoms with Crippen LogP contribution in [0.1, 0.15) is 29.2 Å². The molecule has 1 aromatic carbocycles. The van der Waals surface area contributed by atoms with Crippen molar-refractivity contribution in [1.29, 1.82) is 0 Å². The molecule has 0 atom stereocenters. The van der Waals surface area contributed by atoms with Crippen LogP contribution in [0.25, 0.3) is 10.9 Å². The van der Waals surface area contributed by atoms with Crippen molar-refractivity contribution in [2.75, 3.05) is 31.1 Å². The summed E-state index contributed by atoms with van der Waals surface area (Å²) in [4.78, 5) is 37.6. The van der Waals surface area contributed by atoms with Crippen molar-refractivity contribution >= 4 is 28.7 Å². The molecule has 27 heavy (non-hydrogen) atoms. The summed E-state index contributed by atoms with van der Waals surface area (Å²) in [5.41, 5.74) is 4.85. The van der Waals surface area contributed by atoms with Crippen LogP contribution in [0.4, 0.5) is 14.9 Å². The van der Waals surface area contributed by atoms with Gasteiger partial charge in [0.15, 0.2) is 0 Å². The van der Waals surface area contributed by atoms with E-state index in [1.165, 1.54) is 6.20 Å². The van der Waals surface area contributed by atoms with Crippen LogP contribution in [0.15, 0.2) is 23.1 Å². The van der Waals surface area contributed by atoms with E-state index in [4.69, 9.17) is 5.73 Å². The SMILES string of the molecule is NC(=O)OC(=O)c1cn(C2CC2)c2cc(N3CCNCC3)c(F)cc2c1=O. The van der Waals surface area contributed by atoms with Crippen LogP contribution < -0.4 is 21.4 Å². The highest BCUT2D eigenvalue weighted by Gasteiger charge is 2.29. The first kappa shape index (κ1) is 17.5. The van der Waals surface area contributed by atoms with Gasteiger partial charge in [-0.15, -0.1) is 0 Å². The molecule has 2 aliphatic rings. The standard InChI is InChI=1S/C18H19FN4O4/c19-13-7-11-14(8-15(13)22-5-3-21-4-6-22)23(10-1-2-10)9-12(16(11)24)17(25)27-18(20)26/h7-10,21H,1-6H2,(H2,20,26). The van der Waals surface area contributed by atoms with Crippen molar-refractivity contribution in [2.24, 2.45) is 5.73 Å². The minimum Gasteiger partial charge on any atom is -0.373 e. The van der Waals surface area contributed by atoms with E-state index >= 15 is 0 Å². The minimum absolute atomic E-state index is 0.0807. The average molecular weight is 374 g/mol. The topological polar surface area (TPSA) is 107 Å². The summed E-state index contributed by atoms with van der Waals surface area (Å²) in [6.45, 7) is 2.84. The molecule has 0 radical (unpaired) electrons. The molecule has 3 N–H and O–H groups in total. The molecule has 1 aliphatic carbocycles. The summed E-state index contributed by atoms with van der Waals surface area (Å²) in [5.74, 6) is -1.65. The lowest BCUT2D eigenvalue weighted by atomic mass is 10.1. The number of carbonyl (C=O) groups is 2. The molecule has 2 heterocycles. The van der Waals surface area contributed by atoms with Gasteiger partial charge in [0.1, 0.15) is 11.4 Å². The molecular formula is C18H19FN4O4. The molecule has 0 spiro atoms. The predicted molar refractivity (Wildman–Crippen MR) is 96.5 cm³/mol. The average Bonchev–Trinajstić information content (AvgIpc) is 3.47. The number of aromatic nitrogens is 1. The molecule has 142 valence electrons. The summed E-state index contributed by atoms with van der Waals surface area (Å²) < 4.78 is 20.9. The number of amides is 1. The number of halogens is 1. The molecular weight excluding hydrogens is 355 g/mol. The quantitative estimate of drug-likeness (QED) is 0.616. The van der Waals surface area contributed by atoms with Crippen LogP contribution in [-0.4, -0.2) is 42.8 Å². The minimum atomic E-state index is -1.29. The highest BCUT2D eigenvalue weighted by molar-refractivity contribution is 5.99. The maximum Gasteiger partial charge on any atom is 0.412 e. The fourth-order valence-electron chi connectivity index (χ4n) is 3.45. The van der Waals surface area contributed by atoms with E-state index < -0.39 is 23.3 Å². The monoisotopic (exact) mass is 374 g/mol. The van der Waals surface area contributed by atoms with Crippen molar-refractivity contribution < 1.29 is 18.7 Å². The number of nitrogens with two attached hydrogens (primary N) is 1. The van der Waals surface area contributed by atoms with Crippen LogP contribution in [0.3, 0.4) is 0 Å². The molecule has 2 aromatic rings. The van der Waals surface area contributed by atoms with Crippen molar-refractivity contribution in [3.05, 3.63) is 39.9 Å². The van der Waals surface area contributed by atoms with Crippen LogP contribution in [-0.2, 0) is 4.74 Å².